The van der Waals surface area contributed by atoms with Crippen LogP contribution in [-0.4, -0.2) is 13.2 Å². The average molecular weight is 96.1 g/mol. The van der Waals surface area contributed by atoms with E-state index in [0.29, 0.717) is 0 Å². The van der Waals surface area contributed by atoms with Crippen LogP contribution < -0.4 is 0 Å². The minimum atomic E-state index is -1.48. The molecule has 1 nitrogen and oxygen atoms in total. The summed E-state index contributed by atoms with van der Waals surface area (Å²) in [5.41, 5.74) is 0. The zero-order valence-corrected chi connectivity index (χ0v) is 3.45. The first kappa shape index (κ1) is 5.82. The van der Waals surface area contributed by atoms with Gasteiger partial charge in [0.05, 0.1) is 0 Å². The number of rotatable bonds is 2. The highest BCUT2D eigenvalue weighted by Crippen LogP contribution is 1.88. The fourth-order valence-electron chi connectivity index (χ4n) is 0.0868. The van der Waals surface area contributed by atoms with Crippen molar-refractivity contribution in [3.63, 3.8) is 0 Å². The van der Waals surface area contributed by atoms with Gasteiger partial charge in [-0.2, -0.15) is 0 Å². The molecule has 1 unspecified atom stereocenters. The number of hydrogen-bond donors (Lipinski definition) is 0. The summed E-state index contributed by atoms with van der Waals surface area (Å²) in [6.07, 6.45) is -1.48. The lowest BCUT2D eigenvalue weighted by atomic mass is 10.8. The first-order chi connectivity index (χ1) is 2.77. The number of hydrogen-bond acceptors (Lipinski definition) is 1. The Morgan fingerprint density at radius 1 is 1.83 bits per heavy atom. The lowest BCUT2D eigenvalue weighted by molar-refractivity contribution is -0.0648. The fraction of sp³-hybridized carbons (Fsp3) is 1.00. The Labute approximate surface area is 34.9 Å². The van der Waals surface area contributed by atoms with Crippen LogP contribution in [0.3, 0.4) is 0 Å². The molecule has 0 saturated carbocycles. The van der Waals surface area contributed by atoms with E-state index in [1.54, 1.807) is 0 Å². The highest BCUT2D eigenvalue weighted by Gasteiger charge is 1.90. The van der Waals surface area contributed by atoms with Gasteiger partial charge in [-0.1, -0.05) is 0 Å². The summed E-state index contributed by atoms with van der Waals surface area (Å²) in [6, 6.07) is 0. The monoisotopic (exact) mass is 96.0 g/mol. The second-order valence-electron chi connectivity index (χ2n) is 0.819. The third-order valence-corrected chi connectivity index (χ3v) is 0.293. The fourth-order valence-corrected chi connectivity index (χ4v) is 0.0868. The van der Waals surface area contributed by atoms with Gasteiger partial charge in [0, 0.05) is 0 Å². The van der Waals surface area contributed by atoms with Crippen LogP contribution >= 0.6 is 0 Å². The van der Waals surface area contributed by atoms with E-state index in [2.05, 4.69) is 4.74 Å². The summed E-state index contributed by atoms with van der Waals surface area (Å²) < 4.78 is 25.7. The molecule has 0 aromatic carbocycles. The molecule has 0 aliphatic carbocycles. The molecule has 6 heavy (non-hydrogen) atoms. The molecule has 3 heteroatoms. The lowest BCUT2D eigenvalue weighted by Crippen LogP contribution is -1.96. The highest BCUT2D eigenvalue weighted by atomic mass is 19.2. The van der Waals surface area contributed by atoms with Crippen LogP contribution in [0.15, 0.2) is 0 Å². The van der Waals surface area contributed by atoms with Crippen LogP contribution in [0.5, 0.6) is 0 Å². The van der Waals surface area contributed by atoms with Gasteiger partial charge < -0.3 is 4.74 Å². The highest BCUT2D eigenvalue weighted by molar-refractivity contribution is 4.14. The van der Waals surface area contributed by atoms with E-state index in [1.807, 2.05) is 0 Å². The first-order valence-corrected chi connectivity index (χ1v) is 1.59. The average Bonchev–Trinajstić information content (AvgIpc) is 1.35. The number of ether oxygens (including phenoxy) is 1. The lowest BCUT2D eigenvalue weighted by Gasteiger charge is -1.93. The van der Waals surface area contributed by atoms with E-state index in [0.717, 1.165) is 6.92 Å². The van der Waals surface area contributed by atoms with Gasteiger partial charge in [0.15, 0.2) is 13.2 Å². The Morgan fingerprint density at radius 2 is 2.33 bits per heavy atom. The normalized spacial score (nSPS) is 14.5. The van der Waals surface area contributed by atoms with Gasteiger partial charge in [0.2, 0.25) is 0 Å². The Morgan fingerprint density at radius 3 is 2.33 bits per heavy atom. The summed E-state index contributed by atoms with van der Waals surface area (Å²) >= 11 is 0. The molecule has 0 aromatic heterocycles. The number of halogens is 2. The largest absolute Gasteiger partial charge is 0.317 e. The SMILES string of the molecule is CC(F)OCF. The molecule has 0 bridgehead atoms. The van der Waals surface area contributed by atoms with Crippen molar-refractivity contribution in [3.8, 4) is 0 Å². The molecule has 1 atom stereocenters. The van der Waals surface area contributed by atoms with Gasteiger partial charge >= 0.3 is 0 Å². The summed E-state index contributed by atoms with van der Waals surface area (Å²) in [4.78, 5) is 0. The molecule has 0 N–H and O–H groups in total. The maximum absolute atomic E-state index is 11.2. The second kappa shape index (κ2) is 3.03. The van der Waals surface area contributed by atoms with E-state index in [-0.39, 0.29) is 0 Å². The van der Waals surface area contributed by atoms with Crippen LogP contribution in [-0.2, 0) is 4.74 Å². The standard InChI is InChI=1S/C3H6F2O/c1-3(5)6-2-4/h3H,2H2,1H3. The van der Waals surface area contributed by atoms with Gasteiger partial charge in [0.25, 0.3) is 0 Å². The number of alkyl halides is 2. The zero-order valence-electron chi connectivity index (χ0n) is 3.45. The van der Waals surface area contributed by atoms with Crippen molar-refractivity contribution in [1.82, 2.24) is 0 Å². The van der Waals surface area contributed by atoms with Crippen LogP contribution in [0.25, 0.3) is 0 Å². The molecule has 0 aliphatic heterocycles. The molecule has 38 valence electrons. The quantitative estimate of drug-likeness (QED) is 0.502. The topological polar surface area (TPSA) is 9.23 Å². The van der Waals surface area contributed by atoms with Crippen molar-refractivity contribution in [1.29, 1.82) is 0 Å². The Balaban J connectivity index is 2.63. The van der Waals surface area contributed by atoms with E-state index < -0.39 is 13.2 Å². The molecule has 0 saturated heterocycles. The smallest absolute Gasteiger partial charge is 0.198 e. The minimum absolute atomic E-state index is 1.04. The summed E-state index contributed by atoms with van der Waals surface area (Å²) in [6.45, 7) is 0.0806. The van der Waals surface area contributed by atoms with Crippen LogP contribution in [0.2, 0.25) is 0 Å². The molecule has 0 spiro atoms. The van der Waals surface area contributed by atoms with Crippen molar-refractivity contribution in [2.75, 3.05) is 6.86 Å². The maximum atomic E-state index is 11.2. The molecule has 0 heterocycles. The molecule has 0 aromatic rings. The minimum Gasteiger partial charge on any atom is -0.317 e. The van der Waals surface area contributed by atoms with Crippen molar-refractivity contribution in [2.45, 2.75) is 13.3 Å². The van der Waals surface area contributed by atoms with Crippen LogP contribution in [0.1, 0.15) is 6.92 Å². The predicted molar refractivity (Wildman–Crippen MR) is 17.6 cm³/mol. The van der Waals surface area contributed by atoms with Gasteiger partial charge in [-0.05, 0) is 6.92 Å². The van der Waals surface area contributed by atoms with Crippen molar-refractivity contribution in [3.05, 3.63) is 0 Å². The molecule has 0 amide bonds. The maximum Gasteiger partial charge on any atom is 0.198 e. The molecular weight excluding hydrogens is 90.0 g/mol. The molecule has 0 fully saturated rings. The third kappa shape index (κ3) is 3.82. The summed E-state index contributed by atoms with van der Waals surface area (Å²) in [5.74, 6) is 0. The molecule has 0 aliphatic rings. The van der Waals surface area contributed by atoms with E-state index in [9.17, 15) is 8.78 Å². The molecular formula is C3H6F2O. The molecule has 0 rings (SSSR count). The summed E-state index contributed by atoms with van der Waals surface area (Å²) in [7, 11) is 0. The van der Waals surface area contributed by atoms with Crippen LogP contribution in [0, 0.1) is 0 Å². The van der Waals surface area contributed by atoms with Gasteiger partial charge in [-0.25, -0.2) is 8.78 Å². The first-order valence-electron chi connectivity index (χ1n) is 1.59. The van der Waals surface area contributed by atoms with Crippen molar-refractivity contribution in [2.24, 2.45) is 0 Å². The molecule has 0 radical (unpaired) electrons. The van der Waals surface area contributed by atoms with Crippen molar-refractivity contribution < 1.29 is 13.5 Å². The Kier molecular flexibility index (Phi) is 2.94. The predicted octanol–water partition coefficient (Wildman–Crippen LogP) is 1.25. The Hall–Kier alpha value is -0.180. The van der Waals surface area contributed by atoms with Gasteiger partial charge in [-0.15, -0.1) is 0 Å². The van der Waals surface area contributed by atoms with Crippen LogP contribution in [0.4, 0.5) is 8.78 Å². The summed E-state index contributed by atoms with van der Waals surface area (Å²) in [5, 5.41) is 0. The van der Waals surface area contributed by atoms with Gasteiger partial charge in [-0.3, -0.25) is 0 Å². The van der Waals surface area contributed by atoms with Gasteiger partial charge in [0.1, 0.15) is 0 Å². The zero-order chi connectivity index (χ0) is 4.99. The second-order valence-corrected chi connectivity index (χ2v) is 0.819. The van der Waals surface area contributed by atoms with E-state index >= 15 is 0 Å². The Bertz CT molecular complexity index is 30.0. The van der Waals surface area contributed by atoms with E-state index in [4.69, 9.17) is 0 Å². The third-order valence-electron chi connectivity index (χ3n) is 0.293. The van der Waals surface area contributed by atoms with Crippen molar-refractivity contribution >= 4 is 0 Å². The van der Waals surface area contributed by atoms with E-state index in [1.165, 1.54) is 0 Å².